The zero-order valence-corrected chi connectivity index (χ0v) is 16.8. The van der Waals surface area contributed by atoms with Crippen molar-refractivity contribution in [3.05, 3.63) is 83.7 Å². The summed E-state index contributed by atoms with van der Waals surface area (Å²) in [6.45, 7) is 2.68. The van der Waals surface area contributed by atoms with E-state index in [0.717, 1.165) is 34.1 Å². The number of nitrogens with zero attached hydrogens (tertiary/aromatic N) is 4. The van der Waals surface area contributed by atoms with E-state index in [4.69, 9.17) is 0 Å². The Morgan fingerprint density at radius 1 is 1.13 bits per heavy atom. The zero-order valence-electron chi connectivity index (χ0n) is 16.8. The number of amides is 1. The Morgan fingerprint density at radius 2 is 1.97 bits per heavy atom. The molecule has 0 fully saturated rings. The Morgan fingerprint density at radius 3 is 2.77 bits per heavy atom. The molecule has 0 saturated heterocycles. The second-order valence-electron chi connectivity index (χ2n) is 7.81. The van der Waals surface area contributed by atoms with Gasteiger partial charge in [-0.3, -0.25) is 4.79 Å². The maximum absolute atomic E-state index is 13.2. The third kappa shape index (κ3) is 3.16. The first-order valence-electron chi connectivity index (χ1n) is 10.0. The lowest BCUT2D eigenvalue weighted by molar-refractivity contribution is 0.0671. The lowest BCUT2D eigenvalue weighted by Gasteiger charge is -2.35. The van der Waals surface area contributed by atoms with E-state index in [0.29, 0.717) is 12.2 Å². The average molecular weight is 398 g/mol. The Balaban J connectivity index is 1.43. The fourth-order valence-electron chi connectivity index (χ4n) is 4.18. The molecule has 1 atom stereocenters. The number of carbonyl (C=O) groups is 1. The monoisotopic (exact) mass is 398 g/mol. The molecule has 5 nitrogen and oxygen atoms in total. The van der Waals surface area contributed by atoms with Crippen molar-refractivity contribution >= 4 is 24.7 Å². The molecule has 1 aliphatic rings. The van der Waals surface area contributed by atoms with Crippen molar-refractivity contribution in [2.45, 2.75) is 19.4 Å². The fraction of sp³-hybridized carbons (Fsp3) is 0.174. The molecule has 30 heavy (non-hydrogen) atoms. The fourth-order valence-corrected chi connectivity index (χ4v) is 4.18. The van der Waals surface area contributed by atoms with Crippen LogP contribution in [0.4, 0.5) is 4.39 Å². The largest absolute Gasteiger partial charge is 0.330 e. The van der Waals surface area contributed by atoms with Gasteiger partial charge in [0.2, 0.25) is 5.95 Å². The van der Waals surface area contributed by atoms with E-state index in [2.05, 4.69) is 29.1 Å². The molecule has 0 spiro atoms. The Labute approximate surface area is 174 Å². The topological polar surface area (TPSA) is 50.5 Å². The second-order valence-corrected chi connectivity index (χ2v) is 7.81. The van der Waals surface area contributed by atoms with Gasteiger partial charge in [0, 0.05) is 24.5 Å². The molecule has 4 heterocycles. The Bertz CT molecular complexity index is 1270. The zero-order chi connectivity index (χ0) is 20.8. The number of halogens is 1. The van der Waals surface area contributed by atoms with Crippen LogP contribution in [0, 0.1) is 5.95 Å². The minimum Gasteiger partial charge on any atom is -0.330 e. The molecule has 148 valence electrons. The number of hydrogen-bond acceptors (Lipinski definition) is 3. The van der Waals surface area contributed by atoms with Crippen molar-refractivity contribution < 1.29 is 9.18 Å². The van der Waals surface area contributed by atoms with Crippen LogP contribution in [-0.4, -0.2) is 39.8 Å². The van der Waals surface area contributed by atoms with Gasteiger partial charge in [-0.15, -0.1) is 0 Å². The lowest BCUT2D eigenvalue weighted by Crippen LogP contribution is -2.39. The molecule has 1 aromatic carbocycles. The molecular formula is C23H20BFN4O. The van der Waals surface area contributed by atoms with Gasteiger partial charge in [0.15, 0.2) is 5.69 Å². The third-order valence-electron chi connectivity index (χ3n) is 5.83. The molecule has 1 aliphatic heterocycles. The van der Waals surface area contributed by atoms with Crippen LogP contribution in [0.2, 0.25) is 0 Å². The van der Waals surface area contributed by atoms with Gasteiger partial charge in [0.25, 0.3) is 5.91 Å². The Hall–Kier alpha value is -3.48. The van der Waals surface area contributed by atoms with Crippen LogP contribution in [0.5, 0.6) is 0 Å². The van der Waals surface area contributed by atoms with E-state index < -0.39 is 5.95 Å². The number of carbonyl (C=O) groups excluding carboxylic acids is 1. The first-order chi connectivity index (χ1) is 14.5. The number of aromatic nitrogens is 3. The van der Waals surface area contributed by atoms with Crippen molar-refractivity contribution in [3.8, 4) is 11.1 Å². The van der Waals surface area contributed by atoms with Crippen LogP contribution in [0.15, 0.2) is 60.9 Å². The minimum absolute atomic E-state index is 0.0480. The number of fused-ring (bicyclic) bond motifs is 2. The molecule has 1 amide bonds. The van der Waals surface area contributed by atoms with Crippen LogP contribution in [0.3, 0.4) is 0 Å². The van der Waals surface area contributed by atoms with E-state index >= 15 is 0 Å². The summed E-state index contributed by atoms with van der Waals surface area (Å²) < 4.78 is 14.9. The van der Waals surface area contributed by atoms with Gasteiger partial charge in [-0.05, 0) is 54.3 Å². The van der Waals surface area contributed by atoms with Gasteiger partial charge < -0.3 is 4.90 Å². The molecular weight excluding hydrogens is 378 g/mol. The molecule has 0 bridgehead atoms. The van der Waals surface area contributed by atoms with Gasteiger partial charge in [0.1, 0.15) is 7.85 Å². The highest BCUT2D eigenvalue weighted by atomic mass is 19.1. The van der Waals surface area contributed by atoms with E-state index in [1.54, 1.807) is 16.8 Å². The van der Waals surface area contributed by atoms with E-state index in [1.807, 2.05) is 43.2 Å². The molecule has 0 N–H and O–H groups in total. The molecule has 3 aromatic heterocycles. The van der Waals surface area contributed by atoms with Crippen molar-refractivity contribution in [1.29, 1.82) is 0 Å². The van der Waals surface area contributed by atoms with E-state index in [-0.39, 0.29) is 11.9 Å². The van der Waals surface area contributed by atoms with E-state index in [1.165, 1.54) is 11.6 Å². The summed E-state index contributed by atoms with van der Waals surface area (Å²) in [5.74, 6) is -0.539. The summed E-state index contributed by atoms with van der Waals surface area (Å²) in [6.07, 6.45) is 4.23. The minimum atomic E-state index is -0.485. The normalized spacial score (nSPS) is 15.9. The summed E-state index contributed by atoms with van der Waals surface area (Å²) in [5, 5.41) is 4.49. The van der Waals surface area contributed by atoms with Crippen LogP contribution >= 0.6 is 0 Å². The summed E-state index contributed by atoms with van der Waals surface area (Å²) >= 11 is 0. The van der Waals surface area contributed by atoms with Crippen LogP contribution in [0.1, 0.15) is 34.6 Å². The van der Waals surface area contributed by atoms with Gasteiger partial charge in [-0.1, -0.05) is 29.7 Å². The summed E-state index contributed by atoms with van der Waals surface area (Å²) in [4.78, 5) is 18.8. The predicted molar refractivity (Wildman–Crippen MR) is 116 cm³/mol. The molecule has 5 rings (SSSR count). The van der Waals surface area contributed by atoms with Gasteiger partial charge >= 0.3 is 0 Å². The number of pyridine rings is 2. The lowest BCUT2D eigenvalue weighted by atomic mass is 9.90. The molecule has 1 unspecified atom stereocenters. The quantitative estimate of drug-likeness (QED) is 0.385. The van der Waals surface area contributed by atoms with E-state index in [9.17, 15) is 9.18 Å². The predicted octanol–water partition coefficient (Wildman–Crippen LogP) is 2.55. The summed E-state index contributed by atoms with van der Waals surface area (Å²) in [7, 11) is 2.00. The highest BCUT2D eigenvalue weighted by molar-refractivity contribution is 6.32. The van der Waals surface area contributed by atoms with Crippen molar-refractivity contribution in [3.63, 3.8) is 0 Å². The molecule has 7 heteroatoms. The SMILES string of the molecule is Bc1ccc2cc(C(=O)N3CCc4cc(-c5ccc(F)nc5)ccc4C3C)nn2c1. The smallest absolute Gasteiger partial charge is 0.274 e. The van der Waals surface area contributed by atoms with Crippen LogP contribution < -0.4 is 5.46 Å². The molecule has 0 aliphatic carbocycles. The van der Waals surface area contributed by atoms with Gasteiger partial charge in [0.05, 0.1) is 11.6 Å². The maximum atomic E-state index is 13.2. The number of rotatable bonds is 2. The summed E-state index contributed by atoms with van der Waals surface area (Å²) in [5.41, 5.74) is 6.69. The second kappa shape index (κ2) is 7.09. The van der Waals surface area contributed by atoms with Crippen molar-refractivity contribution in [2.75, 3.05) is 6.54 Å². The van der Waals surface area contributed by atoms with Gasteiger partial charge in [-0.2, -0.15) is 9.49 Å². The van der Waals surface area contributed by atoms with Crippen LogP contribution in [-0.2, 0) is 6.42 Å². The van der Waals surface area contributed by atoms with Crippen LogP contribution in [0.25, 0.3) is 16.6 Å². The average Bonchev–Trinajstić information content (AvgIpc) is 3.17. The maximum Gasteiger partial charge on any atom is 0.274 e. The molecule has 0 radical (unpaired) electrons. The van der Waals surface area contributed by atoms with Gasteiger partial charge in [-0.25, -0.2) is 9.50 Å². The molecule has 4 aromatic rings. The number of benzene rings is 1. The Kier molecular flexibility index (Phi) is 4.38. The molecule has 0 saturated carbocycles. The standard InChI is InChI=1S/C23H20BFN4O/c1-14-20-6-2-15(17-3-7-22(25)26-12-17)10-16(20)8-9-28(14)23(30)21-11-19-5-4-18(24)13-29(19)27-21/h2-7,10-14H,8-9,24H2,1H3. The van der Waals surface area contributed by atoms with Crippen molar-refractivity contribution in [1.82, 2.24) is 19.5 Å². The number of hydrogen-bond donors (Lipinski definition) is 0. The first kappa shape index (κ1) is 18.5. The first-order valence-corrected chi connectivity index (χ1v) is 10.0. The van der Waals surface area contributed by atoms with Crippen molar-refractivity contribution in [2.24, 2.45) is 0 Å². The highest BCUT2D eigenvalue weighted by Crippen LogP contribution is 2.33. The highest BCUT2D eigenvalue weighted by Gasteiger charge is 2.29. The third-order valence-corrected chi connectivity index (χ3v) is 5.83. The summed E-state index contributed by atoms with van der Waals surface area (Å²) in [6, 6.07) is 15.1.